The van der Waals surface area contributed by atoms with Crippen LogP contribution in [0.15, 0.2) is 6.33 Å². The summed E-state index contributed by atoms with van der Waals surface area (Å²) in [4.78, 5) is 8.96. The molecule has 2 N–H and O–H groups in total. The van der Waals surface area contributed by atoms with Crippen LogP contribution in [0.25, 0.3) is 0 Å². The van der Waals surface area contributed by atoms with Crippen molar-refractivity contribution in [1.82, 2.24) is 9.97 Å². The summed E-state index contributed by atoms with van der Waals surface area (Å²) in [5.74, 6) is 2.42. The van der Waals surface area contributed by atoms with Crippen LogP contribution in [0.3, 0.4) is 0 Å². The predicted octanol–water partition coefficient (Wildman–Crippen LogP) is 4.17. The maximum Gasteiger partial charge on any atom is 0.135 e. The molecule has 1 aliphatic carbocycles. The minimum Gasteiger partial charge on any atom is -0.370 e. The third-order valence-corrected chi connectivity index (χ3v) is 4.37. The lowest BCUT2D eigenvalue weighted by Crippen LogP contribution is -2.44. The molecule has 0 amide bonds. The fourth-order valence-electron chi connectivity index (χ4n) is 2.85. The summed E-state index contributed by atoms with van der Waals surface area (Å²) < 4.78 is 0. The summed E-state index contributed by atoms with van der Waals surface area (Å²) in [6.45, 7) is 9.80. The molecule has 4 nitrogen and oxygen atoms in total. The second kappa shape index (κ2) is 6.42. The molecule has 112 valence electrons. The van der Waals surface area contributed by atoms with Gasteiger partial charge in [-0.1, -0.05) is 27.7 Å². The van der Waals surface area contributed by atoms with Crippen LogP contribution in [0, 0.1) is 0 Å². The Bertz CT molecular complexity index is 433. The first kappa shape index (κ1) is 15.1. The Morgan fingerprint density at radius 3 is 2.40 bits per heavy atom. The molecule has 2 rings (SSSR count). The standard InChI is InChI=1S/C16H28N4/c1-5-10-17-14-13(12(3)4)15(19-11-18-14)20-16(6-2)8-7-9-16/h11-12H,5-10H2,1-4H3,(H2,17,18,19,20). The average molecular weight is 276 g/mol. The Kier molecular flexibility index (Phi) is 4.84. The number of hydrogen-bond acceptors (Lipinski definition) is 4. The minimum atomic E-state index is 0.264. The molecule has 1 aliphatic rings. The zero-order chi connectivity index (χ0) is 14.6. The molecule has 0 spiro atoms. The van der Waals surface area contributed by atoms with E-state index in [4.69, 9.17) is 0 Å². The topological polar surface area (TPSA) is 49.8 Å². The van der Waals surface area contributed by atoms with Gasteiger partial charge in [-0.2, -0.15) is 0 Å². The van der Waals surface area contributed by atoms with Crippen LogP contribution in [-0.4, -0.2) is 22.1 Å². The number of nitrogens with one attached hydrogen (secondary N) is 2. The summed E-state index contributed by atoms with van der Waals surface area (Å²) in [6, 6.07) is 0. The van der Waals surface area contributed by atoms with E-state index in [1.807, 2.05) is 0 Å². The second-order valence-electron chi connectivity index (χ2n) is 6.18. The first-order valence-corrected chi connectivity index (χ1v) is 7.99. The lowest BCUT2D eigenvalue weighted by atomic mass is 9.74. The van der Waals surface area contributed by atoms with E-state index in [2.05, 4.69) is 48.3 Å². The quantitative estimate of drug-likeness (QED) is 0.785. The van der Waals surface area contributed by atoms with Gasteiger partial charge in [0.05, 0.1) is 0 Å². The molecular weight excluding hydrogens is 248 g/mol. The molecule has 1 saturated carbocycles. The van der Waals surface area contributed by atoms with Crippen molar-refractivity contribution in [3.05, 3.63) is 11.9 Å². The molecule has 1 fully saturated rings. The molecule has 0 aromatic carbocycles. The Morgan fingerprint density at radius 1 is 1.20 bits per heavy atom. The van der Waals surface area contributed by atoms with Gasteiger partial charge >= 0.3 is 0 Å². The molecular formula is C16H28N4. The smallest absolute Gasteiger partial charge is 0.135 e. The average Bonchev–Trinajstić information content (AvgIpc) is 2.40. The molecule has 0 atom stereocenters. The predicted molar refractivity (Wildman–Crippen MR) is 85.4 cm³/mol. The van der Waals surface area contributed by atoms with Crippen molar-refractivity contribution in [2.75, 3.05) is 17.2 Å². The van der Waals surface area contributed by atoms with E-state index in [0.29, 0.717) is 5.92 Å². The third-order valence-electron chi connectivity index (χ3n) is 4.37. The highest BCUT2D eigenvalue weighted by Gasteiger charge is 2.36. The van der Waals surface area contributed by atoms with Crippen LogP contribution in [0.2, 0.25) is 0 Å². The van der Waals surface area contributed by atoms with Crippen molar-refractivity contribution >= 4 is 11.6 Å². The van der Waals surface area contributed by atoms with Crippen molar-refractivity contribution in [1.29, 1.82) is 0 Å². The minimum absolute atomic E-state index is 0.264. The number of aromatic nitrogens is 2. The first-order chi connectivity index (χ1) is 9.62. The van der Waals surface area contributed by atoms with Gasteiger partial charge in [-0.15, -0.1) is 0 Å². The van der Waals surface area contributed by atoms with E-state index in [0.717, 1.165) is 31.0 Å². The molecule has 0 radical (unpaired) electrons. The Balaban J connectivity index is 2.27. The van der Waals surface area contributed by atoms with Crippen molar-refractivity contribution in [2.24, 2.45) is 0 Å². The highest BCUT2D eigenvalue weighted by molar-refractivity contribution is 5.60. The highest BCUT2D eigenvalue weighted by Crippen LogP contribution is 2.40. The van der Waals surface area contributed by atoms with Crippen LogP contribution in [-0.2, 0) is 0 Å². The molecule has 4 heteroatoms. The van der Waals surface area contributed by atoms with Gasteiger partial charge in [-0.25, -0.2) is 9.97 Å². The van der Waals surface area contributed by atoms with Crippen molar-refractivity contribution in [3.63, 3.8) is 0 Å². The van der Waals surface area contributed by atoms with Gasteiger partial charge in [0.25, 0.3) is 0 Å². The fourth-order valence-corrected chi connectivity index (χ4v) is 2.85. The van der Waals surface area contributed by atoms with Gasteiger partial charge in [0, 0.05) is 17.6 Å². The van der Waals surface area contributed by atoms with Crippen molar-refractivity contribution in [3.8, 4) is 0 Å². The van der Waals surface area contributed by atoms with E-state index in [9.17, 15) is 0 Å². The van der Waals surface area contributed by atoms with Gasteiger partial charge in [-0.05, 0) is 38.0 Å². The van der Waals surface area contributed by atoms with E-state index in [-0.39, 0.29) is 5.54 Å². The molecule has 0 bridgehead atoms. The SMILES string of the molecule is CCCNc1ncnc(NC2(CC)CCC2)c1C(C)C. The van der Waals surface area contributed by atoms with Gasteiger partial charge in [0.1, 0.15) is 18.0 Å². The summed E-state index contributed by atoms with van der Waals surface area (Å²) in [7, 11) is 0. The normalized spacial score (nSPS) is 16.9. The third kappa shape index (κ3) is 3.05. The molecule has 0 unspecified atom stereocenters. The molecule has 0 saturated heterocycles. The molecule has 1 heterocycles. The van der Waals surface area contributed by atoms with Gasteiger partial charge in [0.2, 0.25) is 0 Å². The largest absolute Gasteiger partial charge is 0.370 e. The Hall–Kier alpha value is -1.32. The van der Waals surface area contributed by atoms with Gasteiger partial charge < -0.3 is 10.6 Å². The number of nitrogens with zero attached hydrogens (tertiary/aromatic N) is 2. The highest BCUT2D eigenvalue weighted by atomic mass is 15.1. The summed E-state index contributed by atoms with van der Waals surface area (Å²) >= 11 is 0. The maximum atomic E-state index is 4.52. The van der Waals surface area contributed by atoms with Crippen molar-refractivity contribution in [2.45, 2.75) is 71.3 Å². The Labute approximate surface area is 122 Å². The number of anilines is 2. The van der Waals surface area contributed by atoms with Crippen LogP contribution < -0.4 is 10.6 Å². The molecule has 1 aromatic rings. The lowest BCUT2D eigenvalue weighted by Gasteiger charge is -2.43. The Morgan fingerprint density at radius 2 is 1.90 bits per heavy atom. The van der Waals surface area contributed by atoms with E-state index in [1.54, 1.807) is 6.33 Å². The number of hydrogen-bond donors (Lipinski definition) is 2. The van der Waals surface area contributed by atoms with Crippen LogP contribution in [0.4, 0.5) is 11.6 Å². The lowest BCUT2D eigenvalue weighted by molar-refractivity contribution is 0.268. The monoisotopic (exact) mass is 276 g/mol. The molecule has 0 aliphatic heterocycles. The maximum absolute atomic E-state index is 4.52. The number of rotatable bonds is 7. The molecule has 20 heavy (non-hydrogen) atoms. The zero-order valence-corrected chi connectivity index (χ0v) is 13.3. The summed E-state index contributed by atoms with van der Waals surface area (Å²) in [5, 5.41) is 7.15. The van der Waals surface area contributed by atoms with Gasteiger partial charge in [-0.3, -0.25) is 0 Å². The van der Waals surface area contributed by atoms with Crippen LogP contribution in [0.1, 0.15) is 71.3 Å². The van der Waals surface area contributed by atoms with Crippen molar-refractivity contribution < 1.29 is 0 Å². The summed E-state index contributed by atoms with van der Waals surface area (Å²) in [6.07, 6.45) is 7.76. The zero-order valence-electron chi connectivity index (χ0n) is 13.3. The van der Waals surface area contributed by atoms with Gasteiger partial charge in [0.15, 0.2) is 0 Å². The van der Waals surface area contributed by atoms with E-state index in [1.165, 1.54) is 24.8 Å². The van der Waals surface area contributed by atoms with E-state index >= 15 is 0 Å². The first-order valence-electron chi connectivity index (χ1n) is 7.99. The summed E-state index contributed by atoms with van der Waals surface area (Å²) in [5.41, 5.74) is 1.49. The van der Waals surface area contributed by atoms with E-state index < -0.39 is 0 Å². The fraction of sp³-hybridized carbons (Fsp3) is 0.750. The van der Waals surface area contributed by atoms with Crippen LogP contribution in [0.5, 0.6) is 0 Å². The molecule has 1 aromatic heterocycles. The van der Waals surface area contributed by atoms with Crippen LogP contribution >= 0.6 is 0 Å². The second-order valence-corrected chi connectivity index (χ2v) is 6.18.